The average molecular weight is 260 g/mol. The van der Waals surface area contributed by atoms with Gasteiger partial charge in [-0.3, -0.25) is 4.79 Å². The van der Waals surface area contributed by atoms with Gasteiger partial charge in [0.05, 0.1) is 10.6 Å². The van der Waals surface area contributed by atoms with Crippen molar-refractivity contribution in [2.24, 2.45) is 0 Å². The third kappa shape index (κ3) is 2.20. The number of fused-ring (bicyclic) bond motifs is 1. The van der Waals surface area contributed by atoms with Crippen molar-refractivity contribution in [2.75, 3.05) is 11.1 Å². The maximum absolute atomic E-state index is 11.7. The maximum Gasteiger partial charge on any atom is 0.318 e. The van der Waals surface area contributed by atoms with Gasteiger partial charge in [0, 0.05) is 5.69 Å². The number of benzene rings is 1. The molecule has 6 heteroatoms. The summed E-state index contributed by atoms with van der Waals surface area (Å²) in [6.45, 7) is 0. The number of amides is 1. The molecule has 1 N–H and O–H groups in total. The summed E-state index contributed by atoms with van der Waals surface area (Å²) in [5, 5.41) is 1.73. The highest BCUT2D eigenvalue weighted by atomic mass is 35.5. The molecule has 0 unspecified atom stereocenters. The van der Waals surface area contributed by atoms with Crippen LogP contribution in [0.5, 0.6) is 0 Å². The fraction of sp³-hybridized carbons (Fsp3) is 0.300. The van der Waals surface area contributed by atoms with Crippen LogP contribution in [-0.4, -0.2) is 19.5 Å². The minimum atomic E-state index is -3.13. The van der Waals surface area contributed by atoms with Crippen LogP contribution in [0.4, 0.5) is 10.5 Å². The molecule has 1 aromatic carbocycles. The summed E-state index contributed by atoms with van der Waals surface area (Å²) in [7, 11) is -3.13. The second-order valence-electron chi connectivity index (χ2n) is 3.64. The molecule has 1 aliphatic heterocycles. The van der Waals surface area contributed by atoms with Gasteiger partial charge in [-0.1, -0.05) is 0 Å². The van der Waals surface area contributed by atoms with Crippen LogP contribution in [0.15, 0.2) is 23.1 Å². The van der Waals surface area contributed by atoms with E-state index >= 15 is 0 Å². The van der Waals surface area contributed by atoms with Crippen LogP contribution in [0.1, 0.15) is 12.0 Å². The maximum atomic E-state index is 11.7. The topological polar surface area (TPSA) is 63.2 Å². The van der Waals surface area contributed by atoms with Gasteiger partial charge in [0.2, 0.25) is 0 Å². The van der Waals surface area contributed by atoms with Gasteiger partial charge in [0.25, 0.3) is 0 Å². The van der Waals surface area contributed by atoms with E-state index < -0.39 is 15.2 Å². The Balaban J connectivity index is 2.43. The molecule has 1 amide bonds. The first kappa shape index (κ1) is 11.4. The van der Waals surface area contributed by atoms with Crippen molar-refractivity contribution in [1.82, 2.24) is 0 Å². The van der Waals surface area contributed by atoms with E-state index in [-0.39, 0.29) is 5.75 Å². The summed E-state index contributed by atoms with van der Waals surface area (Å²) < 4.78 is 23.4. The third-order valence-electron chi connectivity index (χ3n) is 2.50. The lowest BCUT2D eigenvalue weighted by Crippen LogP contribution is -2.16. The highest BCUT2D eigenvalue weighted by Crippen LogP contribution is 2.27. The first-order valence-electron chi connectivity index (χ1n) is 4.81. The third-order valence-corrected chi connectivity index (χ3v) is 4.49. The number of halogens is 1. The Bertz CT molecular complexity index is 539. The van der Waals surface area contributed by atoms with Gasteiger partial charge in [-0.05, 0) is 48.2 Å². The Morgan fingerprint density at radius 1 is 1.38 bits per heavy atom. The van der Waals surface area contributed by atoms with Gasteiger partial charge in [-0.15, -0.1) is 0 Å². The monoisotopic (exact) mass is 259 g/mol. The number of hydrogen-bond acceptors (Lipinski definition) is 3. The van der Waals surface area contributed by atoms with Gasteiger partial charge in [0.15, 0.2) is 9.84 Å². The number of carbonyl (C=O) groups is 1. The number of anilines is 1. The molecule has 0 saturated carbocycles. The number of rotatable bonds is 1. The molecule has 0 aliphatic carbocycles. The second-order valence-corrected chi connectivity index (χ2v) is 6.06. The average Bonchev–Trinajstić information content (AvgIpc) is 2.15. The first-order chi connectivity index (χ1) is 7.49. The van der Waals surface area contributed by atoms with Gasteiger partial charge in [-0.25, -0.2) is 8.42 Å². The van der Waals surface area contributed by atoms with Crippen molar-refractivity contribution in [1.29, 1.82) is 0 Å². The zero-order chi connectivity index (χ0) is 11.8. The summed E-state index contributed by atoms with van der Waals surface area (Å²) in [4.78, 5) is 11.0. The van der Waals surface area contributed by atoms with E-state index in [1.54, 1.807) is 12.1 Å². The zero-order valence-corrected chi connectivity index (χ0v) is 9.94. The van der Waals surface area contributed by atoms with Gasteiger partial charge < -0.3 is 5.32 Å². The largest absolute Gasteiger partial charge is 0.318 e. The molecule has 0 radical (unpaired) electrons. The highest BCUT2D eigenvalue weighted by Gasteiger charge is 2.23. The molecular weight excluding hydrogens is 250 g/mol. The minimum Gasteiger partial charge on any atom is -0.312 e. The molecule has 16 heavy (non-hydrogen) atoms. The summed E-state index contributed by atoms with van der Waals surface area (Å²) in [6, 6.07) is 4.72. The first-order valence-corrected chi connectivity index (χ1v) is 6.84. The molecule has 0 bridgehead atoms. The van der Waals surface area contributed by atoms with E-state index in [1.807, 2.05) is 0 Å². The molecule has 1 aliphatic rings. The molecule has 0 atom stereocenters. The molecule has 0 saturated heterocycles. The van der Waals surface area contributed by atoms with Crippen LogP contribution < -0.4 is 5.32 Å². The number of hydrogen-bond donors (Lipinski definition) is 1. The predicted molar refractivity (Wildman–Crippen MR) is 61.7 cm³/mol. The van der Waals surface area contributed by atoms with Crippen LogP contribution in [0.25, 0.3) is 0 Å². The zero-order valence-electron chi connectivity index (χ0n) is 8.36. The van der Waals surface area contributed by atoms with E-state index in [1.165, 1.54) is 6.07 Å². The van der Waals surface area contributed by atoms with Gasteiger partial charge in [-0.2, -0.15) is 0 Å². The Morgan fingerprint density at radius 3 is 2.81 bits per heavy atom. The van der Waals surface area contributed by atoms with Crippen LogP contribution in [0.3, 0.4) is 0 Å². The predicted octanol–water partition coefficient (Wildman–Crippen LogP) is 2.18. The van der Waals surface area contributed by atoms with E-state index in [4.69, 9.17) is 11.6 Å². The molecule has 1 heterocycles. The number of aryl methyl sites for hydroxylation is 1. The molecule has 2 rings (SSSR count). The van der Waals surface area contributed by atoms with E-state index in [2.05, 4.69) is 5.32 Å². The molecule has 1 aromatic rings. The lowest BCUT2D eigenvalue weighted by Gasteiger charge is -2.16. The highest BCUT2D eigenvalue weighted by molar-refractivity contribution is 7.91. The Hall–Kier alpha value is -1.07. The number of carbonyl (C=O) groups excluding carboxylic acids is 1. The van der Waals surface area contributed by atoms with Crippen molar-refractivity contribution in [3.63, 3.8) is 0 Å². The lowest BCUT2D eigenvalue weighted by atomic mass is 10.1. The van der Waals surface area contributed by atoms with Crippen molar-refractivity contribution in [2.45, 2.75) is 17.7 Å². The molecule has 0 aromatic heterocycles. The Labute approximate surface area is 98.5 Å². The van der Waals surface area contributed by atoms with Crippen molar-refractivity contribution in [3.05, 3.63) is 23.8 Å². The van der Waals surface area contributed by atoms with Gasteiger partial charge in [0.1, 0.15) is 0 Å². The number of nitrogens with one attached hydrogen (secondary N) is 1. The summed E-state index contributed by atoms with van der Waals surface area (Å²) in [6.07, 6.45) is 1.33. The normalized spacial score (nSPS) is 17.6. The minimum absolute atomic E-state index is 0.196. The fourth-order valence-electron chi connectivity index (χ4n) is 1.83. The number of sulfone groups is 1. The smallest absolute Gasteiger partial charge is 0.312 e. The quantitative estimate of drug-likeness (QED) is 0.621. The molecule has 0 fully saturated rings. The Kier molecular flexibility index (Phi) is 2.90. The summed E-state index contributed by atoms with van der Waals surface area (Å²) >= 11 is 5.18. The summed E-state index contributed by atoms with van der Waals surface area (Å²) in [5.41, 5.74) is 1.27. The van der Waals surface area contributed by atoms with Crippen LogP contribution in [0, 0.1) is 0 Å². The van der Waals surface area contributed by atoms with E-state index in [0.717, 1.165) is 5.56 Å². The summed E-state index contributed by atoms with van der Waals surface area (Å²) in [5.74, 6) is 0.196. The molecule has 4 nitrogen and oxygen atoms in total. The van der Waals surface area contributed by atoms with Crippen molar-refractivity contribution < 1.29 is 13.2 Å². The molecule has 86 valence electrons. The standard InChI is InChI=1S/C10H10ClNO3S/c11-10(13)12-8-3-4-9-7(6-8)2-1-5-16(9,14)15/h3-4,6H,1-2,5H2,(H,12,13). The van der Waals surface area contributed by atoms with Gasteiger partial charge >= 0.3 is 5.37 Å². The lowest BCUT2D eigenvalue weighted by molar-refractivity contribution is 0.269. The van der Waals surface area contributed by atoms with E-state index in [9.17, 15) is 13.2 Å². The van der Waals surface area contributed by atoms with Crippen LogP contribution in [-0.2, 0) is 16.3 Å². The molecular formula is C10H10ClNO3S. The van der Waals surface area contributed by atoms with E-state index in [0.29, 0.717) is 23.4 Å². The fourth-order valence-corrected chi connectivity index (χ4v) is 3.52. The van der Waals surface area contributed by atoms with Crippen LogP contribution >= 0.6 is 11.6 Å². The SMILES string of the molecule is O=C(Cl)Nc1ccc2c(c1)CCCS2(=O)=O. The van der Waals surface area contributed by atoms with Crippen molar-refractivity contribution >= 4 is 32.5 Å². The van der Waals surface area contributed by atoms with Crippen molar-refractivity contribution in [3.8, 4) is 0 Å². The molecule has 0 spiro atoms. The Morgan fingerprint density at radius 2 is 2.12 bits per heavy atom. The van der Waals surface area contributed by atoms with Crippen LogP contribution in [0.2, 0.25) is 0 Å². The second kappa shape index (κ2) is 4.07.